The maximum atomic E-state index is 11.9. The van der Waals surface area contributed by atoms with E-state index in [9.17, 15) is 4.79 Å². The van der Waals surface area contributed by atoms with Crippen LogP contribution in [0.15, 0.2) is 42.7 Å². The van der Waals surface area contributed by atoms with Crippen molar-refractivity contribution in [3.8, 4) is 5.69 Å². The smallest absolute Gasteiger partial charge is 0.240 e. The predicted molar refractivity (Wildman–Crippen MR) is 75.2 cm³/mol. The Labute approximate surface area is 114 Å². The third-order valence-electron chi connectivity index (χ3n) is 2.41. The summed E-state index contributed by atoms with van der Waals surface area (Å²) < 4.78 is 1.16. The van der Waals surface area contributed by atoms with Gasteiger partial charge < -0.3 is 5.32 Å². The third kappa shape index (κ3) is 2.98. The van der Waals surface area contributed by atoms with Gasteiger partial charge in [-0.25, -0.2) is 4.68 Å². The zero-order valence-corrected chi connectivity index (χ0v) is 11.8. The van der Waals surface area contributed by atoms with Gasteiger partial charge in [0, 0.05) is 18.1 Å². The molecule has 0 aliphatic rings. The largest absolute Gasteiger partial charge is 0.325 e. The number of anilines is 1. The SMILES string of the molecule is CC(C)(Br)C(=O)Nc1cccc(-n2cccn2)c1. The molecule has 1 aromatic heterocycles. The van der Waals surface area contributed by atoms with Gasteiger partial charge >= 0.3 is 0 Å². The predicted octanol–water partition coefficient (Wildman–Crippen LogP) is 2.98. The lowest BCUT2D eigenvalue weighted by Gasteiger charge is -2.16. The summed E-state index contributed by atoms with van der Waals surface area (Å²) in [6.45, 7) is 3.61. The molecule has 1 aromatic carbocycles. The Morgan fingerprint density at radius 3 is 2.78 bits per heavy atom. The van der Waals surface area contributed by atoms with E-state index >= 15 is 0 Å². The van der Waals surface area contributed by atoms with Gasteiger partial charge in [-0.05, 0) is 38.1 Å². The molecule has 0 unspecified atom stereocenters. The highest BCUT2D eigenvalue weighted by molar-refractivity contribution is 9.10. The molecule has 2 rings (SSSR count). The first kappa shape index (κ1) is 12.8. The lowest BCUT2D eigenvalue weighted by Crippen LogP contribution is -2.30. The minimum Gasteiger partial charge on any atom is -0.325 e. The molecule has 1 heterocycles. The zero-order valence-electron chi connectivity index (χ0n) is 10.2. The molecule has 0 bridgehead atoms. The van der Waals surface area contributed by atoms with Crippen molar-refractivity contribution in [2.45, 2.75) is 18.2 Å². The summed E-state index contributed by atoms with van der Waals surface area (Å²) in [6.07, 6.45) is 3.57. The topological polar surface area (TPSA) is 46.9 Å². The van der Waals surface area contributed by atoms with Gasteiger partial charge in [-0.3, -0.25) is 4.79 Å². The Bertz CT molecular complexity index is 544. The highest BCUT2D eigenvalue weighted by Gasteiger charge is 2.23. The molecule has 0 fully saturated rings. The molecule has 0 atom stereocenters. The van der Waals surface area contributed by atoms with Crippen molar-refractivity contribution in [3.05, 3.63) is 42.7 Å². The van der Waals surface area contributed by atoms with Crippen LogP contribution in [-0.4, -0.2) is 20.0 Å². The number of alkyl halides is 1. The number of halogens is 1. The molecule has 94 valence electrons. The molecule has 5 heteroatoms. The van der Waals surface area contributed by atoms with Crippen molar-refractivity contribution in [1.29, 1.82) is 0 Å². The molecule has 1 amide bonds. The lowest BCUT2D eigenvalue weighted by molar-refractivity contribution is -0.117. The average Bonchev–Trinajstić information content (AvgIpc) is 2.81. The second kappa shape index (κ2) is 4.94. The van der Waals surface area contributed by atoms with E-state index in [1.807, 2.05) is 36.5 Å². The number of nitrogens with one attached hydrogen (secondary N) is 1. The summed E-state index contributed by atoms with van der Waals surface area (Å²) in [5, 5.41) is 7.01. The van der Waals surface area contributed by atoms with Crippen LogP contribution in [0.3, 0.4) is 0 Å². The van der Waals surface area contributed by atoms with E-state index in [2.05, 4.69) is 26.3 Å². The number of aromatic nitrogens is 2. The maximum absolute atomic E-state index is 11.9. The summed E-state index contributed by atoms with van der Waals surface area (Å²) in [5.74, 6) is -0.0832. The van der Waals surface area contributed by atoms with Crippen LogP contribution >= 0.6 is 15.9 Å². The first-order valence-corrected chi connectivity index (χ1v) is 6.36. The van der Waals surface area contributed by atoms with Crippen molar-refractivity contribution in [2.24, 2.45) is 0 Å². The van der Waals surface area contributed by atoms with Gasteiger partial charge in [0.05, 0.1) is 10.0 Å². The van der Waals surface area contributed by atoms with E-state index < -0.39 is 4.32 Å². The molecule has 0 aliphatic carbocycles. The van der Waals surface area contributed by atoms with Crippen LogP contribution in [0.1, 0.15) is 13.8 Å². The molecule has 0 radical (unpaired) electrons. The van der Waals surface area contributed by atoms with Crippen molar-refractivity contribution in [2.75, 3.05) is 5.32 Å². The number of hydrogen-bond donors (Lipinski definition) is 1. The lowest BCUT2D eigenvalue weighted by atomic mass is 10.2. The van der Waals surface area contributed by atoms with Crippen molar-refractivity contribution < 1.29 is 4.79 Å². The van der Waals surface area contributed by atoms with Crippen LogP contribution in [0.5, 0.6) is 0 Å². The summed E-state index contributed by atoms with van der Waals surface area (Å²) in [4.78, 5) is 11.9. The number of carbonyl (C=O) groups excluding carboxylic acids is 1. The second-order valence-electron chi connectivity index (χ2n) is 4.43. The van der Waals surface area contributed by atoms with E-state index in [4.69, 9.17) is 0 Å². The Kier molecular flexibility index (Phi) is 3.52. The Morgan fingerprint density at radius 2 is 2.17 bits per heavy atom. The number of rotatable bonds is 3. The summed E-state index contributed by atoms with van der Waals surface area (Å²) in [7, 11) is 0. The van der Waals surface area contributed by atoms with Gasteiger partial charge in [0.1, 0.15) is 0 Å². The van der Waals surface area contributed by atoms with Crippen molar-refractivity contribution in [1.82, 2.24) is 9.78 Å². The van der Waals surface area contributed by atoms with Gasteiger partial charge in [0.25, 0.3) is 0 Å². The first-order valence-electron chi connectivity index (χ1n) is 5.57. The van der Waals surface area contributed by atoms with E-state index in [1.165, 1.54) is 0 Å². The molecular formula is C13H14BrN3O. The average molecular weight is 308 g/mol. The molecule has 0 spiro atoms. The zero-order chi connectivity index (χ0) is 13.2. The number of nitrogens with zero attached hydrogens (tertiary/aromatic N) is 2. The van der Waals surface area contributed by atoms with Crippen LogP contribution in [0.2, 0.25) is 0 Å². The summed E-state index contributed by atoms with van der Waals surface area (Å²) in [5.41, 5.74) is 1.66. The minimum absolute atomic E-state index is 0.0832. The quantitative estimate of drug-likeness (QED) is 0.886. The fourth-order valence-electron chi connectivity index (χ4n) is 1.43. The van der Waals surface area contributed by atoms with Gasteiger partial charge in [0.15, 0.2) is 0 Å². The summed E-state index contributed by atoms with van der Waals surface area (Å²) in [6, 6.07) is 9.40. The molecule has 18 heavy (non-hydrogen) atoms. The Balaban J connectivity index is 2.21. The third-order valence-corrected chi connectivity index (χ3v) is 2.77. The maximum Gasteiger partial charge on any atom is 0.240 e. The second-order valence-corrected chi connectivity index (χ2v) is 6.41. The van der Waals surface area contributed by atoms with Crippen LogP contribution < -0.4 is 5.32 Å². The van der Waals surface area contributed by atoms with E-state index in [0.29, 0.717) is 0 Å². The molecule has 4 nitrogen and oxygen atoms in total. The van der Waals surface area contributed by atoms with Gasteiger partial charge in [-0.2, -0.15) is 5.10 Å². The standard InChI is InChI=1S/C13H14BrN3O/c1-13(2,14)12(18)16-10-5-3-6-11(9-10)17-8-4-7-15-17/h3-9H,1-2H3,(H,16,18). The Hall–Kier alpha value is -1.62. The number of amides is 1. The molecule has 0 saturated carbocycles. The van der Waals surface area contributed by atoms with Gasteiger partial charge in [0.2, 0.25) is 5.91 Å². The highest BCUT2D eigenvalue weighted by Crippen LogP contribution is 2.20. The Morgan fingerprint density at radius 1 is 1.39 bits per heavy atom. The molecule has 0 saturated heterocycles. The normalized spacial score (nSPS) is 11.3. The molecule has 2 aromatic rings. The van der Waals surface area contributed by atoms with Crippen molar-refractivity contribution in [3.63, 3.8) is 0 Å². The minimum atomic E-state index is -0.589. The van der Waals surface area contributed by atoms with Crippen molar-refractivity contribution >= 4 is 27.5 Å². The van der Waals surface area contributed by atoms with E-state index in [1.54, 1.807) is 24.7 Å². The fourth-order valence-corrected chi connectivity index (χ4v) is 1.53. The van der Waals surface area contributed by atoms with Crippen LogP contribution in [0.4, 0.5) is 5.69 Å². The van der Waals surface area contributed by atoms with Gasteiger partial charge in [-0.15, -0.1) is 0 Å². The number of hydrogen-bond acceptors (Lipinski definition) is 2. The monoisotopic (exact) mass is 307 g/mol. The number of carbonyl (C=O) groups is 1. The summed E-state index contributed by atoms with van der Waals surface area (Å²) >= 11 is 3.33. The molecule has 1 N–H and O–H groups in total. The van der Waals surface area contributed by atoms with Gasteiger partial charge in [-0.1, -0.05) is 22.0 Å². The molecular weight excluding hydrogens is 294 g/mol. The highest BCUT2D eigenvalue weighted by atomic mass is 79.9. The van der Waals surface area contributed by atoms with Crippen LogP contribution in [-0.2, 0) is 4.79 Å². The van der Waals surface area contributed by atoms with E-state index in [-0.39, 0.29) is 5.91 Å². The van der Waals surface area contributed by atoms with E-state index in [0.717, 1.165) is 11.4 Å². The number of benzene rings is 1. The molecule has 0 aliphatic heterocycles. The fraction of sp³-hybridized carbons (Fsp3) is 0.231. The van der Waals surface area contributed by atoms with Crippen LogP contribution in [0, 0.1) is 0 Å². The van der Waals surface area contributed by atoms with Crippen LogP contribution in [0.25, 0.3) is 5.69 Å². The first-order chi connectivity index (χ1) is 8.47.